The second-order valence-electron chi connectivity index (χ2n) is 3.48. The van der Waals surface area contributed by atoms with Gasteiger partial charge in [-0.25, -0.2) is 4.39 Å². The van der Waals surface area contributed by atoms with Gasteiger partial charge in [-0.05, 0) is 30.5 Å². The molecule has 1 nitrogen and oxygen atoms in total. The van der Waals surface area contributed by atoms with Crippen LogP contribution < -0.4 is 0 Å². The number of hydrogen-bond acceptors (Lipinski definition) is 1. The molecule has 1 aromatic rings. The highest BCUT2D eigenvalue weighted by Crippen LogP contribution is 2.18. The summed E-state index contributed by atoms with van der Waals surface area (Å²) in [6.07, 6.45) is 1.69. The first-order valence-corrected chi connectivity index (χ1v) is 4.91. The molecule has 0 aliphatic rings. The highest BCUT2D eigenvalue weighted by Gasteiger charge is 2.07. The Morgan fingerprint density at radius 2 is 2.21 bits per heavy atom. The molecule has 0 aliphatic heterocycles. The Balaban J connectivity index is 2.88. The molecule has 2 heteroatoms. The average molecular weight is 195 g/mol. The van der Waals surface area contributed by atoms with Crippen molar-refractivity contribution >= 4 is 0 Å². The van der Waals surface area contributed by atoms with Crippen LogP contribution in [0.2, 0.25) is 0 Å². The van der Waals surface area contributed by atoms with Crippen LogP contribution in [0.5, 0.6) is 0 Å². The van der Waals surface area contributed by atoms with Gasteiger partial charge in [0.05, 0.1) is 0 Å². The number of aliphatic hydroxyl groups excluding tert-OH is 1. The van der Waals surface area contributed by atoms with Gasteiger partial charge >= 0.3 is 0 Å². The van der Waals surface area contributed by atoms with Crippen molar-refractivity contribution in [2.45, 2.75) is 25.7 Å². The van der Waals surface area contributed by atoms with E-state index >= 15 is 0 Å². The number of benzene rings is 1. The van der Waals surface area contributed by atoms with Crippen molar-refractivity contribution in [2.75, 3.05) is 6.61 Å². The van der Waals surface area contributed by atoms with Crippen LogP contribution >= 0.6 is 0 Å². The van der Waals surface area contributed by atoms with Gasteiger partial charge in [0.25, 0.3) is 0 Å². The quantitative estimate of drug-likeness (QED) is 0.783. The first-order chi connectivity index (χ1) is 6.69. The van der Waals surface area contributed by atoms with Crippen molar-refractivity contribution in [3.8, 4) is 0 Å². The molecular weight excluding hydrogens is 179 g/mol. The van der Waals surface area contributed by atoms with Gasteiger partial charge in [0.2, 0.25) is 0 Å². The van der Waals surface area contributed by atoms with E-state index in [1.807, 2.05) is 13.0 Å². The highest BCUT2D eigenvalue weighted by molar-refractivity contribution is 5.27. The lowest BCUT2D eigenvalue weighted by Crippen LogP contribution is -2.01. The Bertz CT molecular complexity index is 296. The summed E-state index contributed by atoms with van der Waals surface area (Å²) in [7, 11) is 0. The molecule has 1 rings (SSSR count). The zero-order valence-electron chi connectivity index (χ0n) is 8.46. The van der Waals surface area contributed by atoms with Gasteiger partial charge in [-0.3, -0.25) is 0 Å². The van der Waals surface area contributed by atoms with Crippen LogP contribution in [-0.2, 0) is 6.42 Å². The Morgan fingerprint density at radius 1 is 1.50 bits per heavy atom. The molecule has 0 aliphatic carbocycles. The molecule has 0 amide bonds. The van der Waals surface area contributed by atoms with Crippen molar-refractivity contribution in [3.05, 3.63) is 42.1 Å². The molecule has 1 unspecified atom stereocenters. The minimum Gasteiger partial charge on any atom is -0.396 e. The van der Waals surface area contributed by atoms with E-state index in [1.54, 1.807) is 6.07 Å². The number of aryl methyl sites for hydroxylation is 1. The molecule has 0 saturated heterocycles. The molecule has 0 aromatic heterocycles. The van der Waals surface area contributed by atoms with E-state index < -0.39 is 0 Å². The maximum atomic E-state index is 13.4. The third kappa shape index (κ3) is 2.55. The molecule has 0 heterocycles. The number of halogens is 1. The SMILES string of the molecule is [CH2]C(CO)c1ccc(CCC)c(F)c1. The van der Waals surface area contributed by atoms with Crippen LogP contribution in [0, 0.1) is 12.7 Å². The van der Waals surface area contributed by atoms with Gasteiger partial charge < -0.3 is 5.11 Å². The molecule has 1 N–H and O–H groups in total. The smallest absolute Gasteiger partial charge is 0.126 e. The first-order valence-electron chi connectivity index (χ1n) is 4.91. The standard InChI is InChI=1S/C12H16FO/c1-3-4-10-5-6-11(7-12(10)13)9(2)8-14/h5-7,9,14H,2-4,8H2,1H3. The van der Waals surface area contributed by atoms with Crippen LogP contribution in [0.25, 0.3) is 0 Å². The zero-order chi connectivity index (χ0) is 10.6. The van der Waals surface area contributed by atoms with Crippen LogP contribution in [0.1, 0.15) is 30.4 Å². The molecule has 0 bridgehead atoms. The van der Waals surface area contributed by atoms with Gasteiger partial charge in [-0.15, -0.1) is 0 Å². The van der Waals surface area contributed by atoms with Gasteiger partial charge in [-0.1, -0.05) is 25.5 Å². The highest BCUT2D eigenvalue weighted by atomic mass is 19.1. The maximum absolute atomic E-state index is 13.4. The third-order valence-electron chi connectivity index (χ3n) is 2.29. The van der Waals surface area contributed by atoms with E-state index in [1.165, 1.54) is 6.07 Å². The molecule has 77 valence electrons. The van der Waals surface area contributed by atoms with E-state index in [4.69, 9.17) is 5.11 Å². The molecule has 1 aromatic carbocycles. The fourth-order valence-electron chi connectivity index (χ4n) is 1.39. The van der Waals surface area contributed by atoms with Gasteiger partial charge in [0.15, 0.2) is 0 Å². The van der Waals surface area contributed by atoms with E-state index in [2.05, 4.69) is 6.92 Å². The normalized spacial score (nSPS) is 12.9. The minimum absolute atomic E-state index is 0.0490. The Labute approximate surface area is 84.6 Å². The second kappa shape index (κ2) is 5.11. The molecule has 1 atom stereocenters. The third-order valence-corrected chi connectivity index (χ3v) is 2.29. The first kappa shape index (κ1) is 11.2. The maximum Gasteiger partial charge on any atom is 0.126 e. The topological polar surface area (TPSA) is 20.2 Å². The van der Waals surface area contributed by atoms with Crippen LogP contribution in [0.4, 0.5) is 4.39 Å². The van der Waals surface area contributed by atoms with Gasteiger partial charge in [-0.2, -0.15) is 0 Å². The Morgan fingerprint density at radius 3 is 2.71 bits per heavy atom. The molecule has 14 heavy (non-hydrogen) atoms. The molecule has 0 fully saturated rings. The predicted octanol–water partition coefficient (Wildman–Crippen LogP) is 2.69. The summed E-state index contributed by atoms with van der Waals surface area (Å²) in [5, 5.41) is 8.87. The Kier molecular flexibility index (Phi) is 4.08. The van der Waals surface area contributed by atoms with E-state index in [0.29, 0.717) is 0 Å². The summed E-state index contributed by atoms with van der Waals surface area (Å²) in [6.45, 7) is 5.70. The van der Waals surface area contributed by atoms with Crippen molar-refractivity contribution < 1.29 is 9.50 Å². The van der Waals surface area contributed by atoms with E-state index in [-0.39, 0.29) is 18.3 Å². The second-order valence-corrected chi connectivity index (χ2v) is 3.48. The minimum atomic E-state index is -0.236. The van der Waals surface area contributed by atoms with Crippen LogP contribution in [0.15, 0.2) is 18.2 Å². The summed E-state index contributed by atoms with van der Waals surface area (Å²) in [5.74, 6) is -0.424. The zero-order valence-corrected chi connectivity index (χ0v) is 8.46. The summed E-state index contributed by atoms with van der Waals surface area (Å²) in [5.41, 5.74) is 1.49. The average Bonchev–Trinajstić information content (AvgIpc) is 2.20. The fourth-order valence-corrected chi connectivity index (χ4v) is 1.39. The molecule has 1 radical (unpaired) electrons. The molecule has 0 spiro atoms. The number of hydrogen-bond donors (Lipinski definition) is 1. The van der Waals surface area contributed by atoms with Crippen molar-refractivity contribution in [1.82, 2.24) is 0 Å². The largest absolute Gasteiger partial charge is 0.396 e. The predicted molar refractivity (Wildman–Crippen MR) is 55.6 cm³/mol. The molecule has 0 saturated carbocycles. The number of aliphatic hydroxyl groups is 1. The lowest BCUT2D eigenvalue weighted by molar-refractivity contribution is 0.282. The van der Waals surface area contributed by atoms with E-state index in [0.717, 1.165) is 24.0 Å². The van der Waals surface area contributed by atoms with Crippen molar-refractivity contribution in [1.29, 1.82) is 0 Å². The lowest BCUT2D eigenvalue weighted by atomic mass is 9.99. The van der Waals surface area contributed by atoms with Gasteiger partial charge in [0, 0.05) is 12.5 Å². The van der Waals surface area contributed by atoms with Gasteiger partial charge in [0.1, 0.15) is 5.82 Å². The monoisotopic (exact) mass is 195 g/mol. The molecular formula is C12H16FO. The number of rotatable bonds is 4. The summed E-state index contributed by atoms with van der Waals surface area (Å²) < 4.78 is 13.4. The Hall–Kier alpha value is -0.890. The lowest BCUT2D eigenvalue weighted by Gasteiger charge is -2.09. The van der Waals surface area contributed by atoms with E-state index in [9.17, 15) is 4.39 Å². The van der Waals surface area contributed by atoms with Crippen molar-refractivity contribution in [3.63, 3.8) is 0 Å². The van der Waals surface area contributed by atoms with Crippen molar-refractivity contribution in [2.24, 2.45) is 0 Å². The van der Waals surface area contributed by atoms with Crippen LogP contribution in [0.3, 0.4) is 0 Å². The fraction of sp³-hybridized carbons (Fsp3) is 0.417. The van der Waals surface area contributed by atoms with Crippen LogP contribution in [-0.4, -0.2) is 11.7 Å². The summed E-state index contributed by atoms with van der Waals surface area (Å²) in [6, 6.07) is 5.09. The summed E-state index contributed by atoms with van der Waals surface area (Å²) >= 11 is 0. The summed E-state index contributed by atoms with van der Waals surface area (Å²) in [4.78, 5) is 0.